The Kier molecular flexibility index (Phi) is 4.02. The van der Waals surface area contributed by atoms with Crippen LogP contribution in [0.1, 0.15) is 21.6 Å². The maximum atomic E-state index is 11.2. The molecule has 0 unspecified atom stereocenters. The van der Waals surface area contributed by atoms with Crippen LogP contribution in [-0.4, -0.2) is 21.3 Å². The first kappa shape index (κ1) is 14.5. The molecule has 22 heavy (non-hydrogen) atoms. The lowest BCUT2D eigenvalue weighted by molar-refractivity contribution is 0.111. The summed E-state index contributed by atoms with van der Waals surface area (Å²) in [4.78, 5) is 11.2. The quantitative estimate of drug-likeness (QED) is 0.689. The van der Waals surface area contributed by atoms with Gasteiger partial charge in [-0.15, -0.1) is 5.10 Å². The minimum atomic E-state index is 0.314. The van der Waals surface area contributed by atoms with E-state index in [1.165, 1.54) is 5.56 Å². The van der Waals surface area contributed by atoms with E-state index in [9.17, 15) is 4.79 Å². The Bertz CT molecular complexity index is 809. The van der Waals surface area contributed by atoms with Crippen molar-refractivity contribution in [1.82, 2.24) is 15.0 Å². The van der Waals surface area contributed by atoms with Crippen LogP contribution in [0.2, 0.25) is 5.02 Å². The van der Waals surface area contributed by atoms with Gasteiger partial charge in [-0.25, -0.2) is 4.68 Å². The van der Waals surface area contributed by atoms with Gasteiger partial charge >= 0.3 is 0 Å². The van der Waals surface area contributed by atoms with Crippen LogP contribution in [0.15, 0.2) is 48.5 Å². The number of aromatic nitrogens is 3. The third-order valence-electron chi connectivity index (χ3n) is 3.42. The first-order valence-electron chi connectivity index (χ1n) is 6.87. The van der Waals surface area contributed by atoms with Crippen LogP contribution < -0.4 is 0 Å². The monoisotopic (exact) mass is 311 g/mol. The van der Waals surface area contributed by atoms with Gasteiger partial charge in [0.05, 0.1) is 12.2 Å². The van der Waals surface area contributed by atoms with Gasteiger partial charge in [0, 0.05) is 10.6 Å². The van der Waals surface area contributed by atoms with Gasteiger partial charge in [-0.3, -0.25) is 4.79 Å². The second kappa shape index (κ2) is 6.12. The summed E-state index contributed by atoms with van der Waals surface area (Å²) < 4.78 is 1.72. The summed E-state index contributed by atoms with van der Waals surface area (Å²) in [6, 6.07) is 15.5. The van der Waals surface area contributed by atoms with E-state index in [1.807, 2.05) is 43.3 Å². The molecule has 5 heteroatoms. The number of carbonyl (C=O) groups excluding carboxylic acids is 1. The van der Waals surface area contributed by atoms with E-state index in [0.29, 0.717) is 23.0 Å². The molecule has 0 spiro atoms. The average Bonchev–Trinajstić information content (AvgIpc) is 2.92. The number of carbonyl (C=O) groups is 1. The van der Waals surface area contributed by atoms with E-state index in [2.05, 4.69) is 10.3 Å². The van der Waals surface area contributed by atoms with Crippen molar-refractivity contribution in [3.8, 4) is 11.3 Å². The van der Waals surface area contributed by atoms with Crippen LogP contribution in [0.25, 0.3) is 11.3 Å². The molecule has 0 bridgehead atoms. The number of hydrogen-bond acceptors (Lipinski definition) is 3. The normalized spacial score (nSPS) is 10.6. The Hall–Kier alpha value is -2.46. The summed E-state index contributed by atoms with van der Waals surface area (Å²) in [7, 11) is 0. The van der Waals surface area contributed by atoms with Crippen LogP contribution >= 0.6 is 11.6 Å². The topological polar surface area (TPSA) is 47.8 Å². The van der Waals surface area contributed by atoms with Gasteiger partial charge in [0.1, 0.15) is 0 Å². The highest BCUT2D eigenvalue weighted by molar-refractivity contribution is 6.30. The predicted molar refractivity (Wildman–Crippen MR) is 86.1 cm³/mol. The fraction of sp³-hybridized carbons (Fsp3) is 0.118. The van der Waals surface area contributed by atoms with Crippen molar-refractivity contribution in [2.45, 2.75) is 13.5 Å². The van der Waals surface area contributed by atoms with Crippen molar-refractivity contribution >= 4 is 17.9 Å². The molecule has 0 saturated heterocycles. The van der Waals surface area contributed by atoms with Gasteiger partial charge in [-0.1, -0.05) is 58.8 Å². The third kappa shape index (κ3) is 2.92. The lowest BCUT2D eigenvalue weighted by Crippen LogP contribution is -2.04. The fourth-order valence-electron chi connectivity index (χ4n) is 2.32. The van der Waals surface area contributed by atoms with Crippen LogP contribution in [0, 0.1) is 6.92 Å². The fourth-order valence-corrected chi connectivity index (χ4v) is 2.51. The third-order valence-corrected chi connectivity index (χ3v) is 3.66. The number of halogens is 1. The van der Waals surface area contributed by atoms with Crippen molar-refractivity contribution in [2.75, 3.05) is 0 Å². The van der Waals surface area contributed by atoms with Crippen molar-refractivity contribution in [3.63, 3.8) is 0 Å². The lowest BCUT2D eigenvalue weighted by atomic mass is 10.1. The smallest absolute Gasteiger partial charge is 0.172 e. The Morgan fingerprint density at radius 3 is 2.64 bits per heavy atom. The number of nitrogens with zero attached hydrogens (tertiary/aromatic N) is 3. The summed E-state index contributed by atoms with van der Waals surface area (Å²) in [5.41, 5.74) is 4.11. The number of aldehydes is 1. The average molecular weight is 312 g/mol. The summed E-state index contributed by atoms with van der Waals surface area (Å²) in [6.45, 7) is 2.59. The number of hydrogen-bond donors (Lipinski definition) is 0. The van der Waals surface area contributed by atoms with Gasteiger partial charge in [-0.2, -0.15) is 0 Å². The highest BCUT2D eigenvalue weighted by Gasteiger charge is 2.15. The standard InChI is InChI=1S/C17H14ClN3O/c1-12-5-7-13(8-6-12)10-21-17(16(11-22)19-20-21)14-3-2-4-15(18)9-14/h2-9,11H,10H2,1H3. The van der Waals surface area contributed by atoms with Crippen LogP contribution in [0.4, 0.5) is 0 Å². The summed E-state index contributed by atoms with van der Waals surface area (Å²) in [6.07, 6.45) is 0.717. The van der Waals surface area contributed by atoms with Crippen LogP contribution in [0.5, 0.6) is 0 Å². The molecule has 0 fully saturated rings. The van der Waals surface area contributed by atoms with Gasteiger partial charge in [0.15, 0.2) is 12.0 Å². The molecule has 1 aromatic heterocycles. The molecule has 0 saturated carbocycles. The molecule has 1 heterocycles. The van der Waals surface area contributed by atoms with E-state index in [1.54, 1.807) is 16.8 Å². The van der Waals surface area contributed by atoms with Gasteiger partial charge in [0.25, 0.3) is 0 Å². The molecule has 0 atom stereocenters. The zero-order valence-corrected chi connectivity index (χ0v) is 12.8. The minimum Gasteiger partial charge on any atom is -0.296 e. The Labute approximate surface area is 133 Å². The maximum Gasteiger partial charge on any atom is 0.172 e. The predicted octanol–water partition coefficient (Wildman–Crippen LogP) is 3.77. The number of aryl methyl sites for hydroxylation is 1. The molecule has 0 aliphatic carbocycles. The molecule has 0 N–H and O–H groups in total. The second-order valence-electron chi connectivity index (χ2n) is 5.09. The SMILES string of the molecule is Cc1ccc(Cn2nnc(C=O)c2-c2cccc(Cl)c2)cc1. The Morgan fingerprint density at radius 1 is 1.18 bits per heavy atom. The number of benzene rings is 2. The van der Waals surface area contributed by atoms with Gasteiger partial charge < -0.3 is 0 Å². The highest BCUT2D eigenvalue weighted by atomic mass is 35.5. The van der Waals surface area contributed by atoms with E-state index < -0.39 is 0 Å². The van der Waals surface area contributed by atoms with E-state index in [4.69, 9.17) is 11.6 Å². The van der Waals surface area contributed by atoms with E-state index in [-0.39, 0.29) is 0 Å². The van der Waals surface area contributed by atoms with Crippen molar-refractivity contribution in [2.24, 2.45) is 0 Å². The van der Waals surface area contributed by atoms with Crippen LogP contribution in [0.3, 0.4) is 0 Å². The lowest BCUT2D eigenvalue weighted by Gasteiger charge is -2.08. The molecule has 3 aromatic rings. The molecule has 0 radical (unpaired) electrons. The summed E-state index contributed by atoms with van der Waals surface area (Å²) in [5, 5.41) is 8.67. The van der Waals surface area contributed by atoms with Crippen molar-refractivity contribution in [1.29, 1.82) is 0 Å². The molecule has 0 amide bonds. The Balaban J connectivity index is 2.03. The van der Waals surface area contributed by atoms with E-state index in [0.717, 1.165) is 17.4 Å². The summed E-state index contributed by atoms with van der Waals surface area (Å²) >= 11 is 6.05. The molecule has 3 rings (SSSR count). The number of rotatable bonds is 4. The maximum absolute atomic E-state index is 11.2. The largest absolute Gasteiger partial charge is 0.296 e. The molecule has 2 aromatic carbocycles. The minimum absolute atomic E-state index is 0.314. The molecule has 0 aliphatic rings. The highest BCUT2D eigenvalue weighted by Crippen LogP contribution is 2.25. The van der Waals surface area contributed by atoms with Crippen molar-refractivity contribution < 1.29 is 4.79 Å². The van der Waals surface area contributed by atoms with E-state index >= 15 is 0 Å². The first-order chi connectivity index (χ1) is 10.7. The first-order valence-corrected chi connectivity index (χ1v) is 7.25. The van der Waals surface area contributed by atoms with Gasteiger partial charge in [-0.05, 0) is 24.6 Å². The van der Waals surface area contributed by atoms with Crippen LogP contribution in [-0.2, 0) is 6.54 Å². The summed E-state index contributed by atoms with van der Waals surface area (Å²) in [5.74, 6) is 0. The zero-order chi connectivity index (χ0) is 15.5. The molecule has 0 aliphatic heterocycles. The second-order valence-corrected chi connectivity index (χ2v) is 5.53. The molecule has 110 valence electrons. The Morgan fingerprint density at radius 2 is 1.95 bits per heavy atom. The zero-order valence-electron chi connectivity index (χ0n) is 12.0. The van der Waals surface area contributed by atoms with Gasteiger partial charge in [0.2, 0.25) is 0 Å². The molecular formula is C17H14ClN3O. The molecule has 4 nitrogen and oxygen atoms in total. The van der Waals surface area contributed by atoms with Crippen molar-refractivity contribution in [3.05, 3.63) is 70.4 Å². The molecular weight excluding hydrogens is 298 g/mol.